The third-order valence-corrected chi connectivity index (χ3v) is 12.3. The summed E-state index contributed by atoms with van der Waals surface area (Å²) in [6, 6.07) is 9.19. The van der Waals surface area contributed by atoms with Gasteiger partial charge in [-0.05, 0) is 97.3 Å². The van der Waals surface area contributed by atoms with Crippen LogP contribution >= 0.6 is 0 Å². The van der Waals surface area contributed by atoms with Crippen molar-refractivity contribution in [3.8, 4) is 11.5 Å². The van der Waals surface area contributed by atoms with Crippen molar-refractivity contribution in [1.29, 1.82) is 0 Å². The zero-order valence-corrected chi connectivity index (χ0v) is 31.6. The Kier molecular flexibility index (Phi) is 16.8. The minimum atomic E-state index is 0.00250. The SMILES string of the molecule is CC1(c2cc(CCCCCCCCCO)cc(Cc3cc(CCCCCCCCCO)cc(C4(C)CCCCC4)c3O)c2O)CCCCC1. The van der Waals surface area contributed by atoms with Gasteiger partial charge in [0.25, 0.3) is 0 Å². The predicted octanol–water partition coefficient (Wildman–Crippen LogP) is 11.7. The van der Waals surface area contributed by atoms with Crippen LogP contribution in [0.1, 0.15) is 201 Å². The van der Waals surface area contributed by atoms with Crippen LogP contribution in [0.25, 0.3) is 0 Å². The van der Waals surface area contributed by atoms with Gasteiger partial charge in [-0.25, -0.2) is 0 Å². The van der Waals surface area contributed by atoms with Crippen LogP contribution in [0.2, 0.25) is 0 Å². The maximum Gasteiger partial charge on any atom is 0.122 e. The topological polar surface area (TPSA) is 80.9 Å². The van der Waals surface area contributed by atoms with E-state index in [9.17, 15) is 10.2 Å². The lowest BCUT2D eigenvalue weighted by molar-refractivity contribution is 0.282. The molecule has 0 aliphatic heterocycles. The van der Waals surface area contributed by atoms with E-state index in [0.29, 0.717) is 31.1 Å². The summed E-state index contributed by atoms with van der Waals surface area (Å²) in [5.74, 6) is 0.932. The van der Waals surface area contributed by atoms with Crippen molar-refractivity contribution in [3.63, 3.8) is 0 Å². The molecule has 0 saturated heterocycles. The third kappa shape index (κ3) is 12.0. The second kappa shape index (κ2) is 20.7. The summed E-state index contributed by atoms with van der Waals surface area (Å²) >= 11 is 0. The first-order valence-corrected chi connectivity index (χ1v) is 20.7. The van der Waals surface area contributed by atoms with Crippen LogP contribution in [0.15, 0.2) is 24.3 Å². The average molecular weight is 677 g/mol. The number of aromatic hydroxyl groups is 2. The van der Waals surface area contributed by atoms with Crippen LogP contribution in [-0.2, 0) is 30.1 Å². The van der Waals surface area contributed by atoms with E-state index >= 15 is 0 Å². The van der Waals surface area contributed by atoms with Gasteiger partial charge in [0.2, 0.25) is 0 Å². The standard InChI is InChI=1S/C45H72O4/c1-44(25-17-13-18-26-44)40-33-36(23-15-9-5-3-7-11-21-29-46)31-38(42(40)48)35-39-32-37(24-16-10-6-4-8-12-22-30-47)34-41(43(39)49)45(2)27-19-14-20-28-45/h31-34,46-49H,3-30,35H2,1-2H3. The van der Waals surface area contributed by atoms with Gasteiger partial charge in [-0.2, -0.15) is 0 Å². The van der Waals surface area contributed by atoms with E-state index in [1.807, 2.05) is 0 Å². The molecule has 2 aliphatic rings. The Morgan fingerprint density at radius 3 is 1.12 bits per heavy atom. The number of phenolic OH excluding ortho intramolecular Hbond substituents is 2. The smallest absolute Gasteiger partial charge is 0.122 e. The Balaban J connectivity index is 1.57. The summed E-state index contributed by atoms with van der Waals surface area (Å²) in [7, 11) is 0. The van der Waals surface area contributed by atoms with Gasteiger partial charge in [0.05, 0.1) is 0 Å². The maximum atomic E-state index is 12.0. The number of benzene rings is 2. The zero-order chi connectivity index (χ0) is 35.0. The van der Waals surface area contributed by atoms with Crippen LogP contribution in [0, 0.1) is 0 Å². The lowest BCUT2D eigenvalue weighted by Crippen LogP contribution is -2.26. The van der Waals surface area contributed by atoms with Crippen molar-refractivity contribution in [2.75, 3.05) is 13.2 Å². The number of phenols is 2. The Hall–Kier alpha value is -2.04. The second-order valence-electron chi connectivity index (χ2n) is 16.6. The lowest BCUT2D eigenvalue weighted by atomic mass is 9.69. The fourth-order valence-electron chi connectivity index (χ4n) is 9.06. The minimum absolute atomic E-state index is 0.00250. The minimum Gasteiger partial charge on any atom is -0.507 e. The maximum absolute atomic E-state index is 12.0. The second-order valence-corrected chi connectivity index (χ2v) is 16.6. The Bertz CT molecular complexity index is 1140. The molecule has 0 bridgehead atoms. The molecular weight excluding hydrogens is 604 g/mol. The molecular formula is C45H72O4. The molecule has 0 radical (unpaired) electrons. The molecule has 276 valence electrons. The molecule has 4 N–H and O–H groups in total. The number of aryl methyl sites for hydroxylation is 2. The van der Waals surface area contributed by atoms with Crippen LogP contribution < -0.4 is 0 Å². The molecule has 0 unspecified atom stereocenters. The monoisotopic (exact) mass is 677 g/mol. The first kappa shape index (κ1) is 39.7. The van der Waals surface area contributed by atoms with Crippen LogP contribution in [-0.4, -0.2) is 33.6 Å². The molecule has 2 aromatic carbocycles. The summed E-state index contributed by atoms with van der Waals surface area (Å²) < 4.78 is 0. The summed E-state index contributed by atoms with van der Waals surface area (Å²) in [4.78, 5) is 0. The fourth-order valence-corrected chi connectivity index (χ4v) is 9.06. The van der Waals surface area contributed by atoms with E-state index in [-0.39, 0.29) is 10.8 Å². The van der Waals surface area contributed by atoms with Crippen molar-refractivity contribution < 1.29 is 20.4 Å². The summed E-state index contributed by atoms with van der Waals surface area (Å²) in [6.45, 7) is 5.35. The highest BCUT2D eigenvalue weighted by molar-refractivity contribution is 5.54. The largest absolute Gasteiger partial charge is 0.507 e. The van der Waals surface area contributed by atoms with Crippen molar-refractivity contribution in [2.24, 2.45) is 0 Å². The van der Waals surface area contributed by atoms with Crippen molar-refractivity contribution in [1.82, 2.24) is 0 Å². The van der Waals surface area contributed by atoms with Gasteiger partial charge >= 0.3 is 0 Å². The molecule has 0 heterocycles. The first-order chi connectivity index (χ1) is 23.8. The van der Waals surface area contributed by atoms with E-state index < -0.39 is 0 Å². The van der Waals surface area contributed by atoms with Gasteiger partial charge in [0, 0.05) is 30.8 Å². The number of unbranched alkanes of at least 4 members (excludes halogenated alkanes) is 12. The average Bonchev–Trinajstić information content (AvgIpc) is 3.10. The quantitative estimate of drug-likeness (QED) is 0.0936. The van der Waals surface area contributed by atoms with E-state index in [1.165, 1.54) is 101 Å². The summed E-state index contributed by atoms with van der Waals surface area (Å²) in [6.07, 6.45) is 30.8. The lowest BCUT2D eigenvalue weighted by Gasteiger charge is -2.36. The van der Waals surface area contributed by atoms with Crippen LogP contribution in [0.5, 0.6) is 11.5 Å². The molecule has 4 nitrogen and oxygen atoms in total. The highest BCUT2D eigenvalue weighted by Crippen LogP contribution is 2.47. The van der Waals surface area contributed by atoms with Crippen molar-refractivity contribution >= 4 is 0 Å². The van der Waals surface area contributed by atoms with Gasteiger partial charge < -0.3 is 20.4 Å². The molecule has 4 rings (SSSR count). The van der Waals surface area contributed by atoms with E-state index in [2.05, 4.69) is 38.1 Å². The molecule has 2 aliphatic carbocycles. The van der Waals surface area contributed by atoms with Crippen molar-refractivity contribution in [3.05, 3.63) is 57.6 Å². The molecule has 2 fully saturated rings. The Morgan fingerprint density at radius 1 is 0.449 bits per heavy atom. The van der Waals surface area contributed by atoms with E-state index in [0.717, 1.165) is 99.3 Å². The highest BCUT2D eigenvalue weighted by atomic mass is 16.3. The number of hydrogen-bond donors (Lipinski definition) is 4. The number of rotatable bonds is 22. The number of hydrogen-bond acceptors (Lipinski definition) is 4. The molecule has 0 aromatic heterocycles. The van der Waals surface area contributed by atoms with Gasteiger partial charge in [-0.15, -0.1) is 0 Å². The first-order valence-electron chi connectivity index (χ1n) is 20.7. The Labute approximate surface area is 300 Å². The number of aliphatic hydroxyl groups excluding tert-OH is 2. The van der Waals surface area contributed by atoms with Gasteiger partial charge in [0.1, 0.15) is 11.5 Å². The van der Waals surface area contributed by atoms with Gasteiger partial charge in [-0.3, -0.25) is 0 Å². The van der Waals surface area contributed by atoms with Crippen LogP contribution in [0.3, 0.4) is 0 Å². The summed E-state index contributed by atoms with van der Waals surface area (Å²) in [5, 5.41) is 42.1. The van der Waals surface area contributed by atoms with Gasteiger partial charge in [-0.1, -0.05) is 141 Å². The third-order valence-electron chi connectivity index (χ3n) is 12.3. The molecule has 4 heteroatoms. The Morgan fingerprint density at radius 2 is 0.776 bits per heavy atom. The summed E-state index contributed by atoms with van der Waals surface area (Å²) in [5.41, 5.74) is 6.92. The fraction of sp³-hybridized carbons (Fsp3) is 0.733. The molecule has 49 heavy (non-hydrogen) atoms. The highest BCUT2D eigenvalue weighted by Gasteiger charge is 2.34. The predicted molar refractivity (Wildman–Crippen MR) is 206 cm³/mol. The number of aliphatic hydroxyl groups is 2. The molecule has 0 amide bonds. The molecule has 2 saturated carbocycles. The van der Waals surface area contributed by atoms with Crippen molar-refractivity contribution in [2.45, 2.75) is 198 Å². The molecule has 0 atom stereocenters. The normalized spacial score (nSPS) is 17.4. The van der Waals surface area contributed by atoms with Crippen LogP contribution in [0.4, 0.5) is 0 Å². The van der Waals surface area contributed by atoms with E-state index in [1.54, 1.807) is 0 Å². The molecule has 0 spiro atoms. The van der Waals surface area contributed by atoms with Gasteiger partial charge in [0.15, 0.2) is 0 Å². The molecule has 2 aromatic rings. The zero-order valence-electron chi connectivity index (χ0n) is 31.6. The van der Waals surface area contributed by atoms with E-state index in [4.69, 9.17) is 10.2 Å².